The number of benzene rings is 2. The fourth-order valence-corrected chi connectivity index (χ4v) is 4.02. The van der Waals surface area contributed by atoms with Crippen LogP contribution in [0.4, 0.5) is 22.4 Å². The molecule has 2 amide bonds. The maximum absolute atomic E-state index is 14.0. The molecular formula is C28H30F4N2O7. The lowest BCUT2D eigenvalue weighted by Gasteiger charge is -2.32. The van der Waals surface area contributed by atoms with Crippen LogP contribution in [0.5, 0.6) is 11.5 Å². The van der Waals surface area contributed by atoms with E-state index in [1.165, 1.54) is 4.90 Å². The summed E-state index contributed by atoms with van der Waals surface area (Å²) in [6, 6.07) is 6.72. The van der Waals surface area contributed by atoms with Crippen LogP contribution < -0.4 is 14.8 Å². The second-order valence-electron chi connectivity index (χ2n) is 10.4. The molecule has 1 aliphatic heterocycles. The maximum Gasteiger partial charge on any atom is 0.415 e. The van der Waals surface area contributed by atoms with E-state index in [4.69, 9.17) is 14.2 Å². The van der Waals surface area contributed by atoms with Gasteiger partial charge in [-0.15, -0.1) is 0 Å². The zero-order chi connectivity index (χ0) is 30.3. The summed E-state index contributed by atoms with van der Waals surface area (Å²) in [5.74, 6) is -11.7. The van der Waals surface area contributed by atoms with Gasteiger partial charge in [0.25, 0.3) is 0 Å². The summed E-state index contributed by atoms with van der Waals surface area (Å²) in [5.41, 5.74) is -0.931. The lowest BCUT2D eigenvalue weighted by Crippen LogP contribution is -2.51. The van der Waals surface area contributed by atoms with Crippen LogP contribution in [0.3, 0.4) is 0 Å². The molecule has 0 bridgehead atoms. The number of carbonyl (C=O) groups excluding carboxylic acids is 4. The summed E-state index contributed by atoms with van der Waals surface area (Å²) in [6.45, 7) is 3.89. The van der Waals surface area contributed by atoms with Gasteiger partial charge in [-0.05, 0) is 45.7 Å². The van der Waals surface area contributed by atoms with Gasteiger partial charge in [0.15, 0.2) is 23.2 Å². The van der Waals surface area contributed by atoms with Crippen LogP contribution in [0.25, 0.3) is 0 Å². The number of nitrogens with zero attached hydrogens (tertiary/aromatic N) is 1. The molecule has 1 saturated heterocycles. The molecule has 2 aromatic rings. The van der Waals surface area contributed by atoms with E-state index in [0.717, 1.165) is 0 Å². The van der Waals surface area contributed by atoms with Gasteiger partial charge < -0.3 is 24.4 Å². The Hall–Kier alpha value is -4.16. The van der Waals surface area contributed by atoms with Crippen LogP contribution in [0.1, 0.15) is 40.0 Å². The predicted octanol–water partition coefficient (Wildman–Crippen LogP) is 4.32. The third-order valence-electron chi connectivity index (χ3n) is 5.92. The van der Waals surface area contributed by atoms with Crippen LogP contribution in [-0.2, 0) is 19.1 Å². The first kappa shape index (κ1) is 31.4. The molecule has 2 atom stereocenters. The average molecular weight is 583 g/mol. The smallest absolute Gasteiger partial charge is 0.415 e. The monoisotopic (exact) mass is 582 g/mol. The van der Waals surface area contributed by atoms with Crippen molar-refractivity contribution < 1.29 is 51.0 Å². The maximum atomic E-state index is 14.0. The summed E-state index contributed by atoms with van der Waals surface area (Å²) in [4.78, 5) is 52.5. The number of likely N-dealkylation sites (tertiary alicyclic amines) is 1. The summed E-state index contributed by atoms with van der Waals surface area (Å²) in [5, 5.41) is 2.42. The number of amides is 2. The van der Waals surface area contributed by atoms with Gasteiger partial charge in [0.05, 0.1) is 12.3 Å². The molecule has 0 saturated carbocycles. The van der Waals surface area contributed by atoms with Crippen molar-refractivity contribution >= 4 is 23.8 Å². The van der Waals surface area contributed by atoms with Crippen molar-refractivity contribution in [2.24, 2.45) is 5.92 Å². The van der Waals surface area contributed by atoms with Crippen LogP contribution in [0.15, 0.2) is 36.4 Å². The fraction of sp³-hybridized carbons (Fsp3) is 0.429. The molecule has 1 fully saturated rings. The molecule has 13 heteroatoms. The third kappa shape index (κ3) is 8.92. The Morgan fingerprint density at radius 1 is 1.02 bits per heavy atom. The highest BCUT2D eigenvalue weighted by atomic mass is 19.2. The second-order valence-corrected chi connectivity index (χ2v) is 10.4. The molecule has 0 spiro atoms. The number of para-hydroxylation sites is 1. The van der Waals surface area contributed by atoms with Gasteiger partial charge in [-0.25, -0.2) is 13.6 Å². The van der Waals surface area contributed by atoms with E-state index in [2.05, 4.69) is 5.32 Å². The molecule has 1 aliphatic rings. The number of piperidine rings is 1. The van der Waals surface area contributed by atoms with Gasteiger partial charge in [0, 0.05) is 19.2 Å². The third-order valence-corrected chi connectivity index (χ3v) is 5.92. The summed E-state index contributed by atoms with van der Waals surface area (Å²) < 4.78 is 70.3. The van der Waals surface area contributed by atoms with E-state index < -0.39 is 83.4 Å². The van der Waals surface area contributed by atoms with E-state index in [1.807, 2.05) is 0 Å². The Morgan fingerprint density at radius 3 is 2.27 bits per heavy atom. The highest BCUT2D eigenvalue weighted by Gasteiger charge is 2.34. The zero-order valence-electron chi connectivity index (χ0n) is 22.7. The minimum Gasteiger partial charge on any atom is -0.479 e. The van der Waals surface area contributed by atoms with Gasteiger partial charge in [0.2, 0.25) is 17.5 Å². The first-order valence-electron chi connectivity index (χ1n) is 12.8. The van der Waals surface area contributed by atoms with E-state index in [0.29, 0.717) is 25.1 Å². The molecule has 2 aromatic carbocycles. The van der Waals surface area contributed by atoms with Crippen LogP contribution in [-0.4, -0.2) is 60.0 Å². The molecule has 0 radical (unpaired) electrons. The lowest BCUT2D eigenvalue weighted by molar-refractivity contribution is -0.156. The number of hydrogen-bond acceptors (Lipinski definition) is 7. The molecule has 41 heavy (non-hydrogen) atoms. The van der Waals surface area contributed by atoms with Crippen molar-refractivity contribution in [1.82, 2.24) is 10.2 Å². The number of carbonyl (C=O) groups is 4. The molecule has 9 nitrogen and oxygen atoms in total. The standard InChI is InChI=1S/C28H30F4N2O7/c1-28(2,3)41-22(36)13-20(21(35)15-39-25-23(31)18(29)12-19(30)24(25)32)33-26(37)16-8-7-11-34(14-16)27(38)40-17-9-5-4-6-10-17/h4-6,9-10,12,16,20H,7-8,11,13-15H2,1-3H3,(H,33,37)/t16-,20+/m1/s1. The summed E-state index contributed by atoms with van der Waals surface area (Å²) >= 11 is 0. The molecule has 3 rings (SSSR count). The van der Waals surface area contributed by atoms with Crippen molar-refractivity contribution in [3.05, 3.63) is 59.7 Å². The number of ether oxygens (including phenoxy) is 3. The molecule has 1 N–H and O–H groups in total. The highest BCUT2D eigenvalue weighted by molar-refractivity contribution is 5.93. The normalized spacial score (nSPS) is 16.0. The Bertz CT molecular complexity index is 1260. The van der Waals surface area contributed by atoms with E-state index in [-0.39, 0.29) is 12.6 Å². The van der Waals surface area contributed by atoms with E-state index in [9.17, 15) is 36.7 Å². The number of esters is 1. The Balaban J connectivity index is 1.70. The molecule has 222 valence electrons. The van der Waals surface area contributed by atoms with Gasteiger partial charge in [-0.2, -0.15) is 8.78 Å². The SMILES string of the molecule is CC(C)(C)OC(=O)C[C@H](NC(=O)[C@@H]1CCCN(C(=O)Oc2ccccc2)C1)C(=O)COc1c(F)c(F)cc(F)c1F. The number of hydrogen-bond donors (Lipinski definition) is 1. The number of rotatable bonds is 9. The summed E-state index contributed by atoms with van der Waals surface area (Å²) in [6.07, 6.45) is -0.543. The molecule has 0 aliphatic carbocycles. The fourth-order valence-electron chi connectivity index (χ4n) is 4.02. The number of Topliss-reactive ketones (excluding diaryl/α,β-unsaturated/α-hetero) is 1. The topological polar surface area (TPSA) is 111 Å². The van der Waals surface area contributed by atoms with Crippen LogP contribution >= 0.6 is 0 Å². The highest BCUT2D eigenvalue weighted by Crippen LogP contribution is 2.27. The molecule has 0 aromatic heterocycles. The quantitative estimate of drug-likeness (QED) is 0.266. The Kier molecular flexibility index (Phi) is 10.3. The first-order chi connectivity index (χ1) is 19.2. The first-order valence-corrected chi connectivity index (χ1v) is 12.8. The van der Waals surface area contributed by atoms with Crippen molar-refractivity contribution in [1.29, 1.82) is 0 Å². The lowest BCUT2D eigenvalue weighted by atomic mass is 9.96. The summed E-state index contributed by atoms with van der Waals surface area (Å²) in [7, 11) is 0. The van der Waals surface area contributed by atoms with Crippen molar-refractivity contribution in [3.63, 3.8) is 0 Å². The van der Waals surface area contributed by atoms with Crippen molar-refractivity contribution in [2.75, 3.05) is 19.7 Å². The van der Waals surface area contributed by atoms with Crippen LogP contribution in [0.2, 0.25) is 0 Å². The number of ketones is 1. The largest absolute Gasteiger partial charge is 0.479 e. The molecule has 1 heterocycles. The van der Waals surface area contributed by atoms with Gasteiger partial charge in [-0.3, -0.25) is 14.4 Å². The Labute approximate surface area is 233 Å². The number of halogens is 4. The van der Waals surface area contributed by atoms with Crippen molar-refractivity contribution in [2.45, 2.75) is 51.7 Å². The van der Waals surface area contributed by atoms with E-state index >= 15 is 0 Å². The number of nitrogens with one attached hydrogen (secondary N) is 1. The average Bonchev–Trinajstić information content (AvgIpc) is 2.91. The van der Waals surface area contributed by atoms with Crippen molar-refractivity contribution in [3.8, 4) is 11.5 Å². The minimum atomic E-state index is -1.85. The predicted molar refractivity (Wildman–Crippen MR) is 136 cm³/mol. The zero-order valence-corrected chi connectivity index (χ0v) is 22.7. The molecule has 0 unspecified atom stereocenters. The van der Waals surface area contributed by atoms with E-state index in [1.54, 1.807) is 51.1 Å². The van der Waals surface area contributed by atoms with Gasteiger partial charge in [-0.1, -0.05) is 18.2 Å². The second kappa shape index (κ2) is 13.5. The van der Waals surface area contributed by atoms with Gasteiger partial charge >= 0.3 is 12.1 Å². The van der Waals surface area contributed by atoms with Crippen LogP contribution in [0, 0.1) is 29.2 Å². The Morgan fingerprint density at radius 2 is 1.66 bits per heavy atom. The van der Waals surface area contributed by atoms with Gasteiger partial charge in [0.1, 0.15) is 24.0 Å². The minimum absolute atomic E-state index is 0.0199. The molecular weight excluding hydrogens is 552 g/mol.